The molecule has 70 valence electrons. The zero-order valence-corrected chi connectivity index (χ0v) is 7.52. The Hall–Kier alpha value is -0.860. The van der Waals surface area contributed by atoms with Gasteiger partial charge in [-0.05, 0) is 18.4 Å². The van der Waals surface area contributed by atoms with Crippen LogP contribution >= 0.6 is 0 Å². The fourth-order valence-electron chi connectivity index (χ4n) is 1.46. The number of aliphatic hydroxyl groups is 1. The molecule has 1 aliphatic carbocycles. The van der Waals surface area contributed by atoms with Crippen LogP contribution in [0.2, 0.25) is 0 Å². The summed E-state index contributed by atoms with van der Waals surface area (Å²) in [6.45, 7) is 0.665. The van der Waals surface area contributed by atoms with Gasteiger partial charge in [-0.15, -0.1) is 0 Å². The Kier molecular flexibility index (Phi) is 2.62. The Morgan fingerprint density at radius 3 is 2.54 bits per heavy atom. The maximum atomic E-state index is 9.04. The second-order valence-electron chi connectivity index (χ2n) is 3.54. The molecular formula is C11H14O2. The third-order valence-corrected chi connectivity index (χ3v) is 2.40. The SMILES string of the molecule is O[C@H]1C[C@H](OCc2ccccc2)C1. The molecule has 1 aliphatic rings. The van der Waals surface area contributed by atoms with Crippen molar-refractivity contribution in [1.82, 2.24) is 0 Å². The highest BCUT2D eigenvalue weighted by molar-refractivity contribution is 5.13. The van der Waals surface area contributed by atoms with Crippen LogP contribution in [0.4, 0.5) is 0 Å². The van der Waals surface area contributed by atoms with E-state index in [1.807, 2.05) is 18.2 Å². The molecule has 2 rings (SSSR count). The van der Waals surface area contributed by atoms with Gasteiger partial charge in [0.25, 0.3) is 0 Å². The zero-order chi connectivity index (χ0) is 9.10. The number of hydrogen-bond acceptors (Lipinski definition) is 2. The van der Waals surface area contributed by atoms with Gasteiger partial charge >= 0.3 is 0 Å². The molecule has 0 bridgehead atoms. The molecule has 0 aliphatic heterocycles. The lowest BCUT2D eigenvalue weighted by Crippen LogP contribution is -2.35. The lowest BCUT2D eigenvalue weighted by Gasteiger charge is -2.31. The van der Waals surface area contributed by atoms with Crippen LogP contribution in [0.1, 0.15) is 18.4 Å². The normalized spacial score (nSPS) is 26.8. The summed E-state index contributed by atoms with van der Waals surface area (Å²) in [6, 6.07) is 10.1. The predicted molar refractivity (Wildman–Crippen MR) is 50.3 cm³/mol. The Morgan fingerprint density at radius 2 is 1.92 bits per heavy atom. The van der Waals surface area contributed by atoms with Gasteiger partial charge in [0, 0.05) is 0 Å². The molecule has 13 heavy (non-hydrogen) atoms. The van der Waals surface area contributed by atoms with E-state index in [0.29, 0.717) is 6.61 Å². The highest BCUT2D eigenvalue weighted by Crippen LogP contribution is 2.23. The predicted octanol–water partition coefficient (Wildman–Crippen LogP) is 1.73. The van der Waals surface area contributed by atoms with Gasteiger partial charge in [0.1, 0.15) is 0 Å². The number of aliphatic hydroxyl groups excluding tert-OH is 1. The molecule has 0 spiro atoms. The minimum Gasteiger partial charge on any atom is -0.393 e. The lowest BCUT2D eigenvalue weighted by atomic mass is 9.92. The third-order valence-electron chi connectivity index (χ3n) is 2.40. The molecule has 2 heteroatoms. The van der Waals surface area contributed by atoms with Gasteiger partial charge in [-0.3, -0.25) is 0 Å². The van der Waals surface area contributed by atoms with Crippen molar-refractivity contribution < 1.29 is 9.84 Å². The summed E-state index contributed by atoms with van der Waals surface area (Å²) < 4.78 is 5.57. The van der Waals surface area contributed by atoms with Crippen molar-refractivity contribution in [2.24, 2.45) is 0 Å². The first-order valence-corrected chi connectivity index (χ1v) is 4.68. The van der Waals surface area contributed by atoms with E-state index in [0.717, 1.165) is 12.8 Å². The van der Waals surface area contributed by atoms with Gasteiger partial charge < -0.3 is 9.84 Å². The summed E-state index contributed by atoms with van der Waals surface area (Å²) in [4.78, 5) is 0. The largest absolute Gasteiger partial charge is 0.393 e. The van der Waals surface area contributed by atoms with E-state index in [1.54, 1.807) is 0 Å². The minimum atomic E-state index is -0.124. The van der Waals surface area contributed by atoms with Crippen LogP contribution in [0.25, 0.3) is 0 Å². The van der Waals surface area contributed by atoms with E-state index in [9.17, 15) is 0 Å². The smallest absolute Gasteiger partial charge is 0.0720 e. The molecule has 1 saturated carbocycles. The fraction of sp³-hybridized carbons (Fsp3) is 0.455. The first kappa shape index (κ1) is 8.73. The van der Waals surface area contributed by atoms with Crippen molar-refractivity contribution in [3.63, 3.8) is 0 Å². The van der Waals surface area contributed by atoms with Crippen LogP contribution in [0.3, 0.4) is 0 Å². The second-order valence-corrected chi connectivity index (χ2v) is 3.54. The molecule has 0 saturated heterocycles. The average Bonchev–Trinajstić information content (AvgIpc) is 2.12. The molecule has 0 unspecified atom stereocenters. The summed E-state index contributed by atoms with van der Waals surface area (Å²) in [5.41, 5.74) is 1.20. The Bertz CT molecular complexity index is 252. The summed E-state index contributed by atoms with van der Waals surface area (Å²) >= 11 is 0. The van der Waals surface area contributed by atoms with E-state index in [-0.39, 0.29) is 12.2 Å². The Morgan fingerprint density at radius 1 is 1.23 bits per heavy atom. The van der Waals surface area contributed by atoms with E-state index in [1.165, 1.54) is 5.56 Å². The maximum absolute atomic E-state index is 9.04. The molecular weight excluding hydrogens is 164 g/mol. The molecule has 1 aromatic carbocycles. The van der Waals surface area contributed by atoms with Crippen LogP contribution < -0.4 is 0 Å². The van der Waals surface area contributed by atoms with Gasteiger partial charge in [-0.1, -0.05) is 30.3 Å². The standard InChI is InChI=1S/C11H14O2/c12-10-6-11(7-10)13-8-9-4-2-1-3-5-9/h1-5,10-12H,6-8H2/t10-,11-. The first-order chi connectivity index (χ1) is 6.34. The van der Waals surface area contributed by atoms with Crippen molar-refractivity contribution in [1.29, 1.82) is 0 Å². The van der Waals surface area contributed by atoms with Crippen LogP contribution in [0, 0.1) is 0 Å². The molecule has 1 aromatic rings. The highest BCUT2D eigenvalue weighted by Gasteiger charge is 2.27. The molecule has 1 N–H and O–H groups in total. The second kappa shape index (κ2) is 3.90. The van der Waals surface area contributed by atoms with Gasteiger partial charge in [-0.25, -0.2) is 0 Å². The Labute approximate surface area is 78.2 Å². The van der Waals surface area contributed by atoms with E-state index in [2.05, 4.69) is 12.1 Å². The summed E-state index contributed by atoms with van der Waals surface area (Å²) in [5.74, 6) is 0. The summed E-state index contributed by atoms with van der Waals surface area (Å²) in [7, 11) is 0. The molecule has 0 aromatic heterocycles. The topological polar surface area (TPSA) is 29.5 Å². The number of hydrogen-bond donors (Lipinski definition) is 1. The van der Waals surface area contributed by atoms with Crippen LogP contribution in [-0.2, 0) is 11.3 Å². The molecule has 0 atom stereocenters. The quantitative estimate of drug-likeness (QED) is 0.763. The van der Waals surface area contributed by atoms with E-state index >= 15 is 0 Å². The Balaban J connectivity index is 1.74. The van der Waals surface area contributed by atoms with E-state index in [4.69, 9.17) is 9.84 Å². The third kappa shape index (κ3) is 2.29. The van der Waals surface area contributed by atoms with Gasteiger partial charge in [0.15, 0.2) is 0 Å². The number of ether oxygens (including phenoxy) is 1. The lowest BCUT2D eigenvalue weighted by molar-refractivity contribution is -0.0778. The van der Waals surface area contributed by atoms with Crippen molar-refractivity contribution in [2.45, 2.75) is 31.7 Å². The van der Waals surface area contributed by atoms with E-state index < -0.39 is 0 Å². The zero-order valence-electron chi connectivity index (χ0n) is 7.52. The van der Waals surface area contributed by atoms with Crippen LogP contribution in [0.5, 0.6) is 0 Å². The summed E-state index contributed by atoms with van der Waals surface area (Å²) in [6.07, 6.45) is 1.75. The maximum Gasteiger partial charge on any atom is 0.0720 e. The van der Waals surface area contributed by atoms with Gasteiger partial charge in [0.05, 0.1) is 18.8 Å². The van der Waals surface area contributed by atoms with Crippen molar-refractivity contribution in [3.05, 3.63) is 35.9 Å². The molecule has 0 radical (unpaired) electrons. The fourth-order valence-corrected chi connectivity index (χ4v) is 1.46. The van der Waals surface area contributed by atoms with Gasteiger partial charge in [-0.2, -0.15) is 0 Å². The summed E-state index contributed by atoms with van der Waals surface area (Å²) in [5, 5.41) is 9.04. The molecule has 0 heterocycles. The van der Waals surface area contributed by atoms with Crippen molar-refractivity contribution >= 4 is 0 Å². The monoisotopic (exact) mass is 178 g/mol. The first-order valence-electron chi connectivity index (χ1n) is 4.68. The number of rotatable bonds is 3. The molecule has 0 amide bonds. The van der Waals surface area contributed by atoms with Gasteiger partial charge in [0.2, 0.25) is 0 Å². The average molecular weight is 178 g/mol. The molecule has 2 nitrogen and oxygen atoms in total. The van der Waals surface area contributed by atoms with Crippen molar-refractivity contribution in [2.75, 3.05) is 0 Å². The minimum absolute atomic E-state index is 0.124. The number of benzene rings is 1. The molecule has 1 fully saturated rings. The van der Waals surface area contributed by atoms with Crippen LogP contribution in [0.15, 0.2) is 30.3 Å². The highest BCUT2D eigenvalue weighted by atomic mass is 16.5. The van der Waals surface area contributed by atoms with Crippen LogP contribution in [-0.4, -0.2) is 17.3 Å². The van der Waals surface area contributed by atoms with Crippen molar-refractivity contribution in [3.8, 4) is 0 Å².